The van der Waals surface area contributed by atoms with Gasteiger partial charge in [-0.1, -0.05) is 17.7 Å². The van der Waals surface area contributed by atoms with Crippen LogP contribution < -0.4 is 5.46 Å². The molecular formula is C14H20BClO5. The average Bonchev–Trinajstić information content (AvgIpc) is 2.35. The SMILES string of the molecule is COC(=O)c1ccc(B(O)OC(C)(C)C(C)(C)O)cc1Cl. The van der Waals surface area contributed by atoms with Gasteiger partial charge in [-0.15, -0.1) is 0 Å². The van der Waals surface area contributed by atoms with Crippen molar-refractivity contribution in [3.63, 3.8) is 0 Å². The van der Waals surface area contributed by atoms with Gasteiger partial charge in [0.05, 0.1) is 28.9 Å². The highest BCUT2D eigenvalue weighted by Gasteiger charge is 2.39. The highest BCUT2D eigenvalue weighted by atomic mass is 35.5. The van der Waals surface area contributed by atoms with E-state index in [4.69, 9.17) is 16.3 Å². The maximum absolute atomic E-state index is 11.4. The highest BCUT2D eigenvalue weighted by Crippen LogP contribution is 2.25. The van der Waals surface area contributed by atoms with Crippen LogP contribution in [0, 0.1) is 0 Å². The molecule has 0 bridgehead atoms. The van der Waals surface area contributed by atoms with E-state index in [9.17, 15) is 14.9 Å². The molecule has 5 nitrogen and oxygen atoms in total. The van der Waals surface area contributed by atoms with E-state index in [0.29, 0.717) is 5.46 Å². The Balaban J connectivity index is 2.97. The molecule has 1 aromatic rings. The standard InChI is InChI=1S/C14H20BClO5/c1-13(2,18)14(3,4)21-15(19)9-6-7-10(11(16)8-9)12(17)20-5/h6-8,18-19H,1-5H3. The molecule has 0 radical (unpaired) electrons. The molecule has 0 aromatic heterocycles. The average molecular weight is 315 g/mol. The number of benzene rings is 1. The molecule has 1 rings (SSSR count). The minimum Gasteiger partial charge on any atom is -0.465 e. The Labute approximate surface area is 130 Å². The van der Waals surface area contributed by atoms with E-state index < -0.39 is 24.3 Å². The van der Waals surface area contributed by atoms with E-state index in [1.54, 1.807) is 27.7 Å². The lowest BCUT2D eigenvalue weighted by Crippen LogP contribution is -2.53. The van der Waals surface area contributed by atoms with Crippen molar-refractivity contribution in [1.82, 2.24) is 0 Å². The number of esters is 1. The van der Waals surface area contributed by atoms with Gasteiger partial charge >= 0.3 is 13.1 Å². The van der Waals surface area contributed by atoms with E-state index in [1.165, 1.54) is 25.3 Å². The summed E-state index contributed by atoms with van der Waals surface area (Å²) in [5, 5.41) is 20.3. The van der Waals surface area contributed by atoms with E-state index in [-0.39, 0.29) is 10.6 Å². The fourth-order valence-corrected chi connectivity index (χ4v) is 1.72. The minimum absolute atomic E-state index is 0.156. The van der Waals surface area contributed by atoms with E-state index in [2.05, 4.69) is 4.74 Å². The van der Waals surface area contributed by atoms with Gasteiger partial charge in [0.2, 0.25) is 0 Å². The number of aliphatic hydroxyl groups is 1. The van der Waals surface area contributed by atoms with Crippen molar-refractivity contribution >= 4 is 30.2 Å². The second kappa shape index (κ2) is 6.36. The first-order valence-corrected chi connectivity index (χ1v) is 6.83. The van der Waals surface area contributed by atoms with Crippen LogP contribution >= 0.6 is 11.6 Å². The van der Waals surface area contributed by atoms with Crippen LogP contribution in [0.1, 0.15) is 38.1 Å². The number of rotatable bonds is 5. The van der Waals surface area contributed by atoms with Crippen LogP contribution in [0.2, 0.25) is 5.02 Å². The Hall–Kier alpha value is -1.08. The Morgan fingerprint density at radius 2 is 1.86 bits per heavy atom. The molecule has 0 aliphatic heterocycles. The molecule has 0 atom stereocenters. The zero-order valence-electron chi connectivity index (χ0n) is 12.8. The van der Waals surface area contributed by atoms with Gasteiger partial charge in [-0.3, -0.25) is 0 Å². The summed E-state index contributed by atoms with van der Waals surface area (Å²) in [4.78, 5) is 11.4. The number of methoxy groups -OCH3 is 1. The number of hydrogen-bond acceptors (Lipinski definition) is 5. The molecule has 0 heterocycles. The normalized spacial score (nSPS) is 12.2. The number of carbonyl (C=O) groups excluding carboxylic acids is 1. The van der Waals surface area contributed by atoms with Crippen LogP contribution in [-0.2, 0) is 9.39 Å². The zero-order valence-corrected chi connectivity index (χ0v) is 13.6. The van der Waals surface area contributed by atoms with Crippen LogP contribution in [0.25, 0.3) is 0 Å². The van der Waals surface area contributed by atoms with Crippen LogP contribution in [-0.4, -0.2) is 41.5 Å². The number of halogens is 1. The second-order valence-corrected chi connectivity index (χ2v) is 6.18. The molecule has 0 amide bonds. The molecule has 0 aliphatic carbocycles. The van der Waals surface area contributed by atoms with E-state index >= 15 is 0 Å². The van der Waals surface area contributed by atoms with Crippen LogP contribution in [0.3, 0.4) is 0 Å². The van der Waals surface area contributed by atoms with Crippen LogP contribution in [0.5, 0.6) is 0 Å². The van der Waals surface area contributed by atoms with Crippen LogP contribution in [0.15, 0.2) is 18.2 Å². The van der Waals surface area contributed by atoms with Crippen LogP contribution in [0.4, 0.5) is 0 Å². The largest absolute Gasteiger partial charge is 0.491 e. The van der Waals surface area contributed by atoms with Gasteiger partial charge < -0.3 is 19.5 Å². The number of carbonyl (C=O) groups is 1. The third kappa shape index (κ3) is 4.20. The molecule has 0 fully saturated rings. The molecule has 0 saturated carbocycles. The van der Waals surface area contributed by atoms with Gasteiger partial charge in [0.1, 0.15) is 0 Å². The lowest BCUT2D eigenvalue weighted by atomic mass is 9.76. The van der Waals surface area contributed by atoms with Gasteiger partial charge in [-0.05, 0) is 45.3 Å². The Morgan fingerprint density at radius 3 is 2.29 bits per heavy atom. The van der Waals surface area contributed by atoms with Gasteiger partial charge in [0.15, 0.2) is 0 Å². The Bertz CT molecular complexity index is 525. The van der Waals surface area contributed by atoms with Crippen molar-refractivity contribution in [3.8, 4) is 0 Å². The molecule has 7 heteroatoms. The Morgan fingerprint density at radius 1 is 1.29 bits per heavy atom. The third-order valence-electron chi connectivity index (χ3n) is 3.56. The van der Waals surface area contributed by atoms with Crippen molar-refractivity contribution < 1.29 is 24.3 Å². The van der Waals surface area contributed by atoms with E-state index in [0.717, 1.165) is 0 Å². The fraction of sp³-hybridized carbons (Fsp3) is 0.500. The summed E-state index contributed by atoms with van der Waals surface area (Å²) >= 11 is 5.99. The maximum Gasteiger partial charge on any atom is 0.491 e. The summed E-state index contributed by atoms with van der Waals surface area (Å²) in [6, 6.07) is 4.40. The molecule has 0 unspecified atom stereocenters. The first-order valence-electron chi connectivity index (χ1n) is 6.45. The minimum atomic E-state index is -1.28. The summed E-state index contributed by atoms with van der Waals surface area (Å²) < 4.78 is 10.1. The summed E-state index contributed by atoms with van der Waals surface area (Å²) in [5.74, 6) is -0.557. The lowest BCUT2D eigenvalue weighted by Gasteiger charge is -2.38. The van der Waals surface area contributed by atoms with Crippen molar-refractivity contribution in [2.45, 2.75) is 38.9 Å². The molecule has 0 aliphatic rings. The van der Waals surface area contributed by atoms with Crippen molar-refractivity contribution in [3.05, 3.63) is 28.8 Å². The molecule has 21 heavy (non-hydrogen) atoms. The summed E-state index contributed by atoms with van der Waals surface area (Å²) in [7, 11) is -0.0215. The molecule has 2 N–H and O–H groups in total. The van der Waals surface area contributed by atoms with Gasteiger partial charge in [0.25, 0.3) is 0 Å². The van der Waals surface area contributed by atoms with Crippen molar-refractivity contribution in [1.29, 1.82) is 0 Å². The topological polar surface area (TPSA) is 76.0 Å². The second-order valence-electron chi connectivity index (χ2n) is 5.77. The lowest BCUT2D eigenvalue weighted by molar-refractivity contribution is -0.0982. The summed E-state index contributed by atoms with van der Waals surface area (Å²) in [5.41, 5.74) is -1.55. The molecule has 0 spiro atoms. The van der Waals surface area contributed by atoms with E-state index in [1.807, 2.05) is 0 Å². The molecule has 1 aromatic carbocycles. The summed E-state index contributed by atoms with van der Waals surface area (Å²) in [6.45, 7) is 6.52. The molecule has 116 valence electrons. The van der Waals surface area contributed by atoms with Gasteiger partial charge in [0, 0.05) is 0 Å². The third-order valence-corrected chi connectivity index (χ3v) is 3.88. The quantitative estimate of drug-likeness (QED) is 0.634. The van der Waals surface area contributed by atoms with Crippen molar-refractivity contribution in [2.75, 3.05) is 7.11 Å². The monoisotopic (exact) mass is 314 g/mol. The summed E-state index contributed by atoms with van der Waals surface area (Å²) in [6.07, 6.45) is 0. The number of ether oxygens (including phenoxy) is 1. The first kappa shape index (κ1) is 18.0. The predicted octanol–water partition coefficient (Wildman–Crippen LogP) is 1.38. The zero-order chi connectivity index (χ0) is 16.4. The first-order chi connectivity index (χ1) is 9.49. The number of hydrogen-bond donors (Lipinski definition) is 2. The Kier molecular flexibility index (Phi) is 5.44. The maximum atomic E-state index is 11.4. The van der Waals surface area contributed by atoms with Crippen molar-refractivity contribution in [2.24, 2.45) is 0 Å². The molecular weight excluding hydrogens is 294 g/mol. The van der Waals surface area contributed by atoms with Gasteiger partial charge in [-0.25, -0.2) is 4.79 Å². The van der Waals surface area contributed by atoms with Gasteiger partial charge in [-0.2, -0.15) is 0 Å². The predicted molar refractivity (Wildman–Crippen MR) is 81.9 cm³/mol. The fourth-order valence-electron chi connectivity index (χ4n) is 1.45. The smallest absolute Gasteiger partial charge is 0.465 e. The highest BCUT2D eigenvalue weighted by molar-refractivity contribution is 6.60. The molecule has 0 saturated heterocycles.